The number of carbonyl (C=O) groups excluding carboxylic acids is 4. The summed E-state index contributed by atoms with van der Waals surface area (Å²) < 4.78 is 27.3. The first-order valence-electron chi connectivity index (χ1n) is 22.9. The van der Waals surface area contributed by atoms with Crippen molar-refractivity contribution in [2.75, 3.05) is 85.5 Å². The number of rotatable bonds is 24. The highest BCUT2D eigenvalue weighted by Gasteiger charge is 2.43. The molecule has 0 spiro atoms. The van der Waals surface area contributed by atoms with Crippen molar-refractivity contribution in [1.82, 2.24) is 25.8 Å². The Morgan fingerprint density at radius 1 is 0.653 bits per heavy atom. The van der Waals surface area contributed by atoms with Crippen LogP contribution in [0, 0.1) is 5.92 Å². The number of nitrogens with zero attached hydrogens (tertiary/aromatic N) is 2. The minimum absolute atomic E-state index is 0.0641. The average Bonchev–Trinajstić information content (AvgIpc) is 3.34. The van der Waals surface area contributed by atoms with Gasteiger partial charge < -0.3 is 55.0 Å². The van der Waals surface area contributed by atoms with Crippen LogP contribution >= 0.6 is 46.4 Å². The smallest absolute Gasteiger partial charge is 0.408 e. The van der Waals surface area contributed by atoms with Gasteiger partial charge in [0, 0.05) is 60.4 Å². The molecule has 3 aromatic carbocycles. The van der Waals surface area contributed by atoms with Crippen molar-refractivity contribution in [2.45, 2.75) is 57.7 Å². The Morgan fingerprint density at radius 2 is 1.12 bits per heavy atom. The van der Waals surface area contributed by atoms with E-state index in [1.165, 1.54) is 31.2 Å². The Labute approximate surface area is 436 Å². The lowest BCUT2D eigenvalue weighted by Crippen LogP contribution is -2.53. The predicted octanol–water partition coefficient (Wildman–Crippen LogP) is 5.36. The number of nitrogens with one attached hydrogen (secondary N) is 3. The lowest BCUT2D eigenvalue weighted by atomic mass is 9.83. The summed E-state index contributed by atoms with van der Waals surface area (Å²) in [4.78, 5) is 90.2. The maximum Gasteiger partial charge on any atom is 0.408 e. The second-order valence-electron chi connectivity index (χ2n) is 16.8. The third kappa shape index (κ3) is 18.5. The Bertz CT molecular complexity index is 2240. The highest BCUT2D eigenvalue weighted by atomic mass is 35.5. The number of carbonyl (C=O) groups is 7. The molecule has 394 valence electrons. The molecule has 2 heterocycles. The Hall–Kier alpha value is -5.45. The standard InChI is InChI=1S/C29H32Cl4N2O9.C19H27N3O6/c30-17-1-3-19(43-15-9-34-5-11-41-12-6-34)25(32)21(17)23(28(37)38)27(36)24(29(39)40)22-18(31)2-4-20(26(22)33)44-16-10-35-7-13-42-14-8-35;1-12(2)9-15(18(26)20-10-16(23)24)22-17(25)13(3)21-19(27)28-11-14-7-5-4-6-8-14/h1-4,23-24H,5-16H2,(H,37,38)(H,39,40);4-8,12-13,15H,9-11H2,1-3H3,(H,20,26)(H,21,27)(H,22,25)(H,23,24)/t;13-,15+/m.1/s1. The quantitative estimate of drug-likeness (QED) is 0.0617. The maximum absolute atomic E-state index is 13.9. The molecule has 4 atom stereocenters. The minimum Gasteiger partial charge on any atom is -0.491 e. The van der Waals surface area contributed by atoms with E-state index in [1.807, 2.05) is 32.0 Å². The monoisotopic (exact) mass is 1090 g/mol. The van der Waals surface area contributed by atoms with Gasteiger partial charge in [-0.2, -0.15) is 0 Å². The fourth-order valence-corrected chi connectivity index (χ4v) is 8.59. The van der Waals surface area contributed by atoms with Gasteiger partial charge in [-0.05, 0) is 49.1 Å². The van der Waals surface area contributed by atoms with Crippen LogP contribution in [-0.4, -0.2) is 164 Å². The molecule has 20 nitrogen and oxygen atoms in total. The molecule has 0 radical (unpaired) electrons. The zero-order chi connectivity index (χ0) is 52.9. The second kappa shape index (κ2) is 29.9. The molecule has 2 aliphatic heterocycles. The molecule has 2 fully saturated rings. The number of morpholine rings is 2. The molecule has 3 amide bonds. The third-order valence-corrected chi connectivity index (χ3v) is 12.5. The summed E-state index contributed by atoms with van der Waals surface area (Å²) in [6.07, 6.45) is -0.440. The summed E-state index contributed by atoms with van der Waals surface area (Å²) in [5, 5.41) is 35.5. The Balaban J connectivity index is 0.000000347. The first-order valence-corrected chi connectivity index (χ1v) is 24.4. The molecule has 2 unspecified atom stereocenters. The van der Waals surface area contributed by atoms with Gasteiger partial charge in [0.2, 0.25) is 11.8 Å². The van der Waals surface area contributed by atoms with E-state index in [0.29, 0.717) is 45.9 Å². The van der Waals surface area contributed by atoms with Crippen LogP contribution in [0.15, 0.2) is 54.6 Å². The van der Waals surface area contributed by atoms with Gasteiger partial charge in [0.15, 0.2) is 5.78 Å². The molecule has 6 N–H and O–H groups in total. The molecular formula is C48H59Cl4N5O15. The second-order valence-corrected chi connectivity index (χ2v) is 18.4. The zero-order valence-electron chi connectivity index (χ0n) is 39.8. The minimum atomic E-state index is -2.09. The number of halogens is 4. The van der Waals surface area contributed by atoms with E-state index in [4.69, 9.17) is 75.2 Å². The van der Waals surface area contributed by atoms with Crippen LogP contribution < -0.4 is 25.4 Å². The average molecular weight is 1090 g/mol. The number of alkyl carbamates (subject to hydrolysis) is 1. The number of hydrogen-bond donors (Lipinski definition) is 6. The lowest BCUT2D eigenvalue weighted by Gasteiger charge is -2.27. The Morgan fingerprint density at radius 3 is 1.56 bits per heavy atom. The first kappa shape index (κ1) is 59.1. The van der Waals surface area contributed by atoms with Gasteiger partial charge in [0.25, 0.3) is 0 Å². The van der Waals surface area contributed by atoms with Crippen LogP contribution in [0.5, 0.6) is 11.5 Å². The van der Waals surface area contributed by atoms with Crippen LogP contribution in [-0.2, 0) is 49.6 Å². The molecule has 24 heteroatoms. The summed E-state index contributed by atoms with van der Waals surface area (Å²) >= 11 is 25.9. The van der Waals surface area contributed by atoms with Gasteiger partial charge in [-0.25, -0.2) is 4.79 Å². The van der Waals surface area contributed by atoms with E-state index in [1.54, 1.807) is 12.1 Å². The van der Waals surface area contributed by atoms with Gasteiger partial charge in [0.1, 0.15) is 61.8 Å². The van der Waals surface area contributed by atoms with Crippen molar-refractivity contribution in [3.63, 3.8) is 0 Å². The van der Waals surface area contributed by atoms with E-state index in [0.717, 1.165) is 31.7 Å². The van der Waals surface area contributed by atoms with Crippen molar-refractivity contribution < 1.29 is 72.6 Å². The molecule has 0 aromatic heterocycles. The van der Waals surface area contributed by atoms with Crippen LogP contribution in [0.1, 0.15) is 55.7 Å². The van der Waals surface area contributed by atoms with Crippen LogP contribution in [0.25, 0.3) is 0 Å². The number of amides is 3. The number of aliphatic carboxylic acids is 3. The molecule has 0 bridgehead atoms. The number of ether oxygens (including phenoxy) is 5. The molecule has 2 saturated heterocycles. The van der Waals surface area contributed by atoms with Crippen LogP contribution in [0.2, 0.25) is 20.1 Å². The SMILES string of the molecule is CC(C)C[C@H](NC(=O)[C@@H](C)NC(=O)OCc1ccccc1)C(=O)NCC(=O)O.O=C(O)C(C(=O)C(C(=O)O)c1c(Cl)ccc(OCCN2CCOCC2)c1Cl)c1c(Cl)ccc(OCCN2CCOCC2)c1Cl. The summed E-state index contributed by atoms with van der Waals surface area (Å²) in [7, 11) is 0. The van der Waals surface area contributed by atoms with E-state index in [2.05, 4.69) is 25.8 Å². The number of carboxylic acid groups (broad SMARTS) is 3. The number of benzene rings is 3. The molecule has 5 rings (SSSR count). The molecule has 0 saturated carbocycles. The third-order valence-electron chi connectivity index (χ3n) is 11.1. The maximum atomic E-state index is 13.9. The molecular weight excluding hydrogens is 1030 g/mol. The fourth-order valence-electron chi connectivity index (χ4n) is 7.30. The van der Waals surface area contributed by atoms with E-state index in [9.17, 15) is 43.8 Å². The number of hydrogen-bond acceptors (Lipinski definition) is 14. The normalized spacial score (nSPS) is 15.6. The number of ketones is 1. The number of carboxylic acids is 3. The van der Waals surface area contributed by atoms with Gasteiger partial charge in [-0.3, -0.25) is 38.6 Å². The molecule has 0 aliphatic carbocycles. The van der Waals surface area contributed by atoms with Gasteiger partial charge in [-0.15, -0.1) is 0 Å². The van der Waals surface area contributed by atoms with E-state index in [-0.39, 0.29) is 68.5 Å². The molecule has 2 aliphatic rings. The van der Waals surface area contributed by atoms with Crippen molar-refractivity contribution in [2.24, 2.45) is 5.92 Å². The summed E-state index contributed by atoms with van der Waals surface area (Å²) in [5.74, 6) is -10.8. The summed E-state index contributed by atoms with van der Waals surface area (Å²) in [5.41, 5.74) is 0.207. The molecule has 3 aromatic rings. The van der Waals surface area contributed by atoms with Crippen molar-refractivity contribution in [3.05, 3.63) is 91.4 Å². The van der Waals surface area contributed by atoms with Crippen molar-refractivity contribution in [1.29, 1.82) is 0 Å². The highest BCUT2D eigenvalue weighted by molar-refractivity contribution is 6.40. The molecule has 72 heavy (non-hydrogen) atoms. The van der Waals surface area contributed by atoms with E-state index < -0.39 is 72.1 Å². The highest BCUT2D eigenvalue weighted by Crippen LogP contribution is 2.44. The summed E-state index contributed by atoms with van der Waals surface area (Å²) in [6.45, 7) is 11.6. The first-order chi connectivity index (χ1) is 34.3. The zero-order valence-corrected chi connectivity index (χ0v) is 42.9. The van der Waals surface area contributed by atoms with Gasteiger partial charge in [0.05, 0.1) is 36.5 Å². The van der Waals surface area contributed by atoms with Crippen molar-refractivity contribution >= 4 is 88.0 Å². The van der Waals surface area contributed by atoms with Gasteiger partial charge >= 0.3 is 24.0 Å². The van der Waals surface area contributed by atoms with Crippen molar-refractivity contribution in [3.8, 4) is 11.5 Å². The van der Waals surface area contributed by atoms with E-state index >= 15 is 0 Å². The Kier molecular flexibility index (Phi) is 24.6. The summed E-state index contributed by atoms with van der Waals surface area (Å²) in [6, 6.07) is 12.8. The van der Waals surface area contributed by atoms with Crippen LogP contribution in [0.3, 0.4) is 0 Å². The van der Waals surface area contributed by atoms with Crippen LogP contribution in [0.4, 0.5) is 4.79 Å². The largest absolute Gasteiger partial charge is 0.491 e. The van der Waals surface area contributed by atoms with Gasteiger partial charge in [-0.1, -0.05) is 90.6 Å². The number of Topliss-reactive ketones (excluding diaryl/α,β-unsaturated/α-hetero) is 1. The fraction of sp³-hybridized carbons (Fsp3) is 0.479. The lowest BCUT2D eigenvalue weighted by molar-refractivity contribution is -0.147. The predicted molar refractivity (Wildman–Crippen MR) is 265 cm³/mol. The topological polar surface area (TPSA) is 269 Å².